The summed E-state index contributed by atoms with van der Waals surface area (Å²) in [7, 11) is 1.56. The predicted molar refractivity (Wildman–Crippen MR) is 105 cm³/mol. The van der Waals surface area contributed by atoms with Gasteiger partial charge in [-0.05, 0) is 49.1 Å². The average molecular weight is 388 g/mol. The number of carbonyl (C=O) groups excluding carboxylic acids is 1. The fourth-order valence-electron chi connectivity index (χ4n) is 3.58. The van der Waals surface area contributed by atoms with E-state index in [0.29, 0.717) is 29.5 Å². The first-order valence-corrected chi connectivity index (χ1v) is 9.52. The molecule has 0 bridgehead atoms. The van der Waals surface area contributed by atoms with Gasteiger partial charge in [-0.15, -0.1) is 5.10 Å². The van der Waals surface area contributed by atoms with E-state index in [1.807, 2.05) is 0 Å². The number of anilines is 2. The Hall–Kier alpha value is -2.54. The van der Waals surface area contributed by atoms with E-state index in [9.17, 15) is 4.79 Å². The summed E-state index contributed by atoms with van der Waals surface area (Å²) in [6, 6.07) is 7.15. The normalized spacial score (nSPS) is 16.2. The highest BCUT2D eigenvalue weighted by molar-refractivity contribution is 6.31. The molecular formula is C19H22ClN5O2. The summed E-state index contributed by atoms with van der Waals surface area (Å²) >= 11 is 6.03. The van der Waals surface area contributed by atoms with Crippen LogP contribution in [0.4, 0.5) is 16.3 Å². The van der Waals surface area contributed by atoms with Gasteiger partial charge in [0.1, 0.15) is 5.75 Å². The first-order valence-electron chi connectivity index (χ1n) is 9.14. The van der Waals surface area contributed by atoms with Crippen LogP contribution in [0.15, 0.2) is 24.3 Å². The largest absolute Gasteiger partial charge is 0.495 e. The van der Waals surface area contributed by atoms with E-state index in [4.69, 9.17) is 16.3 Å². The molecule has 1 fully saturated rings. The highest BCUT2D eigenvalue weighted by atomic mass is 35.5. The molecule has 1 aliphatic carbocycles. The van der Waals surface area contributed by atoms with Crippen molar-refractivity contribution in [2.45, 2.75) is 19.3 Å². The van der Waals surface area contributed by atoms with Gasteiger partial charge in [0.15, 0.2) is 5.82 Å². The van der Waals surface area contributed by atoms with Gasteiger partial charge < -0.3 is 19.9 Å². The number of aromatic nitrogens is 2. The van der Waals surface area contributed by atoms with Gasteiger partial charge in [-0.3, -0.25) is 0 Å². The monoisotopic (exact) mass is 387 g/mol. The lowest BCUT2D eigenvalue weighted by atomic mass is 10.2. The summed E-state index contributed by atoms with van der Waals surface area (Å²) in [6.07, 6.45) is 3.28. The van der Waals surface area contributed by atoms with Crippen molar-refractivity contribution >= 4 is 29.1 Å². The van der Waals surface area contributed by atoms with Gasteiger partial charge in [0, 0.05) is 31.2 Å². The lowest BCUT2D eigenvalue weighted by molar-refractivity contribution is 0.208. The Labute approximate surface area is 163 Å². The number of hydrogen-bond donors (Lipinski definition) is 1. The highest BCUT2D eigenvalue weighted by Gasteiger charge is 2.24. The number of rotatable bonds is 3. The zero-order chi connectivity index (χ0) is 18.8. The minimum absolute atomic E-state index is 0.157. The molecule has 1 saturated heterocycles. The van der Waals surface area contributed by atoms with Crippen molar-refractivity contribution in [2.24, 2.45) is 0 Å². The second-order valence-corrected chi connectivity index (χ2v) is 7.21. The smallest absolute Gasteiger partial charge is 0.322 e. The van der Waals surface area contributed by atoms with Gasteiger partial charge >= 0.3 is 6.03 Å². The molecule has 2 aliphatic rings. The Morgan fingerprint density at radius 1 is 1.15 bits per heavy atom. The maximum absolute atomic E-state index is 12.6. The fraction of sp³-hybridized carbons (Fsp3) is 0.421. The van der Waals surface area contributed by atoms with Crippen LogP contribution in [0.2, 0.25) is 5.02 Å². The number of nitrogens with zero attached hydrogens (tertiary/aromatic N) is 4. The van der Waals surface area contributed by atoms with Crippen LogP contribution in [0.5, 0.6) is 5.75 Å². The van der Waals surface area contributed by atoms with E-state index >= 15 is 0 Å². The van der Waals surface area contributed by atoms with E-state index in [1.165, 1.54) is 5.56 Å². The quantitative estimate of drug-likeness (QED) is 0.876. The number of hydrogen-bond acceptors (Lipinski definition) is 5. The van der Waals surface area contributed by atoms with E-state index in [-0.39, 0.29) is 6.03 Å². The average Bonchev–Trinajstić information content (AvgIpc) is 3.16. The maximum atomic E-state index is 12.6. The van der Waals surface area contributed by atoms with Gasteiger partial charge in [-0.1, -0.05) is 11.6 Å². The van der Waals surface area contributed by atoms with Gasteiger partial charge in [-0.2, -0.15) is 5.10 Å². The minimum atomic E-state index is -0.157. The number of carbonyl (C=O) groups is 1. The topological polar surface area (TPSA) is 70.6 Å². The zero-order valence-corrected chi connectivity index (χ0v) is 16.0. The Morgan fingerprint density at radius 3 is 2.74 bits per heavy atom. The Bertz CT molecular complexity index is 852. The molecule has 2 heterocycles. The van der Waals surface area contributed by atoms with Crippen LogP contribution in [-0.2, 0) is 12.8 Å². The Morgan fingerprint density at radius 2 is 1.96 bits per heavy atom. The van der Waals surface area contributed by atoms with Crippen molar-refractivity contribution in [1.82, 2.24) is 15.1 Å². The second-order valence-electron chi connectivity index (χ2n) is 6.78. The number of urea groups is 1. The molecule has 2 amide bonds. The molecule has 0 saturated carbocycles. The van der Waals surface area contributed by atoms with E-state index in [2.05, 4.69) is 26.5 Å². The molecule has 7 nitrogen and oxygen atoms in total. The van der Waals surface area contributed by atoms with Crippen LogP contribution in [0.3, 0.4) is 0 Å². The van der Waals surface area contributed by atoms with E-state index < -0.39 is 0 Å². The zero-order valence-electron chi connectivity index (χ0n) is 15.2. The minimum Gasteiger partial charge on any atom is -0.495 e. The van der Waals surface area contributed by atoms with E-state index in [1.54, 1.807) is 30.2 Å². The van der Waals surface area contributed by atoms with Gasteiger partial charge in [0.2, 0.25) is 0 Å². The molecule has 1 aliphatic heterocycles. The summed E-state index contributed by atoms with van der Waals surface area (Å²) in [4.78, 5) is 16.6. The number of amides is 2. The third kappa shape index (κ3) is 3.78. The Kier molecular flexibility index (Phi) is 5.03. The van der Waals surface area contributed by atoms with Crippen molar-refractivity contribution in [1.29, 1.82) is 0 Å². The van der Waals surface area contributed by atoms with Crippen molar-refractivity contribution in [2.75, 3.05) is 43.5 Å². The van der Waals surface area contributed by atoms with E-state index in [0.717, 1.165) is 43.9 Å². The molecule has 1 N–H and O–H groups in total. The van der Waals surface area contributed by atoms with Crippen LogP contribution in [0.25, 0.3) is 0 Å². The number of halogens is 1. The number of benzene rings is 1. The molecule has 142 valence electrons. The predicted octanol–water partition coefficient (Wildman–Crippen LogP) is 2.98. The Balaban J connectivity index is 1.38. The summed E-state index contributed by atoms with van der Waals surface area (Å²) in [6.45, 7) is 2.70. The van der Waals surface area contributed by atoms with Crippen molar-refractivity contribution in [3.63, 3.8) is 0 Å². The molecule has 0 atom stereocenters. The first-order chi connectivity index (χ1) is 13.1. The molecule has 8 heteroatoms. The number of ether oxygens (including phenoxy) is 1. The fourth-order valence-corrected chi connectivity index (χ4v) is 3.75. The SMILES string of the molecule is COc1ccc(Cl)cc1NC(=O)N1CCN(c2cc3c(nn2)CCC3)CC1. The van der Waals surface area contributed by atoms with Crippen LogP contribution >= 0.6 is 11.6 Å². The third-order valence-corrected chi connectivity index (χ3v) is 5.34. The molecule has 4 rings (SSSR count). The van der Waals surface area contributed by atoms with Crippen molar-refractivity contribution < 1.29 is 9.53 Å². The maximum Gasteiger partial charge on any atom is 0.322 e. The first kappa shape index (κ1) is 17.9. The summed E-state index contributed by atoms with van der Waals surface area (Å²) in [5.74, 6) is 1.49. The standard InChI is InChI=1S/C19H22ClN5O2/c1-27-17-6-5-14(20)12-16(17)21-19(26)25-9-7-24(8-10-25)18-11-13-3-2-4-15(13)22-23-18/h5-6,11-12H,2-4,7-10H2,1H3,(H,21,26). The molecular weight excluding hydrogens is 366 g/mol. The summed E-state index contributed by atoms with van der Waals surface area (Å²) in [5, 5.41) is 12.2. The summed E-state index contributed by atoms with van der Waals surface area (Å²) < 4.78 is 5.28. The molecule has 2 aromatic rings. The van der Waals surface area contributed by atoms with Crippen LogP contribution in [-0.4, -0.2) is 54.4 Å². The van der Waals surface area contributed by atoms with Gasteiger partial charge in [0.25, 0.3) is 0 Å². The lowest BCUT2D eigenvalue weighted by Gasteiger charge is -2.35. The van der Waals surface area contributed by atoms with Crippen LogP contribution in [0, 0.1) is 0 Å². The molecule has 1 aromatic heterocycles. The number of aryl methyl sites for hydroxylation is 2. The molecule has 0 unspecified atom stereocenters. The third-order valence-electron chi connectivity index (χ3n) is 5.10. The molecule has 0 radical (unpaired) electrons. The van der Waals surface area contributed by atoms with Crippen molar-refractivity contribution in [3.05, 3.63) is 40.5 Å². The van der Waals surface area contributed by atoms with Crippen LogP contribution in [0.1, 0.15) is 17.7 Å². The summed E-state index contributed by atoms with van der Waals surface area (Å²) in [5.41, 5.74) is 3.02. The molecule has 0 spiro atoms. The molecule has 27 heavy (non-hydrogen) atoms. The molecule has 1 aromatic carbocycles. The number of fused-ring (bicyclic) bond motifs is 1. The number of piperazine rings is 1. The highest BCUT2D eigenvalue weighted by Crippen LogP contribution is 2.28. The van der Waals surface area contributed by atoms with Crippen LogP contribution < -0.4 is 15.0 Å². The lowest BCUT2D eigenvalue weighted by Crippen LogP contribution is -2.50. The second kappa shape index (κ2) is 7.60. The van der Waals surface area contributed by atoms with Crippen molar-refractivity contribution in [3.8, 4) is 5.75 Å². The number of methoxy groups -OCH3 is 1. The number of nitrogens with one attached hydrogen (secondary N) is 1. The van der Waals surface area contributed by atoms with Gasteiger partial charge in [-0.25, -0.2) is 4.79 Å². The van der Waals surface area contributed by atoms with Gasteiger partial charge in [0.05, 0.1) is 18.5 Å².